The van der Waals surface area contributed by atoms with Crippen LogP contribution in [0.3, 0.4) is 0 Å². The second-order valence-electron chi connectivity index (χ2n) is 5.75. The van der Waals surface area contributed by atoms with Crippen molar-refractivity contribution in [3.63, 3.8) is 0 Å². The number of likely N-dealkylation sites (N-methyl/N-ethyl adjacent to an activating group) is 1. The minimum Gasteiger partial charge on any atom is -0.341 e. The van der Waals surface area contributed by atoms with Crippen LogP contribution in [0.25, 0.3) is 0 Å². The Kier molecular flexibility index (Phi) is 4.05. The molecule has 0 spiro atoms. The van der Waals surface area contributed by atoms with Crippen LogP contribution in [-0.2, 0) is 4.79 Å². The van der Waals surface area contributed by atoms with E-state index in [9.17, 15) is 4.79 Å². The van der Waals surface area contributed by atoms with Crippen LogP contribution in [0.4, 0.5) is 0 Å². The minimum absolute atomic E-state index is 0.0934. The summed E-state index contributed by atoms with van der Waals surface area (Å²) in [4.78, 5) is 16.7. The molecule has 17 heavy (non-hydrogen) atoms. The van der Waals surface area contributed by atoms with Gasteiger partial charge in [0.05, 0.1) is 5.92 Å². The molecule has 1 saturated heterocycles. The maximum Gasteiger partial charge on any atom is 0.227 e. The van der Waals surface area contributed by atoms with Gasteiger partial charge in [-0.2, -0.15) is 0 Å². The Balaban J connectivity index is 1.94. The fourth-order valence-electron chi connectivity index (χ4n) is 3.11. The van der Waals surface area contributed by atoms with E-state index in [1.54, 1.807) is 0 Å². The number of carbonyl (C=O) groups is 1. The predicted molar refractivity (Wildman–Crippen MR) is 68.6 cm³/mol. The molecule has 0 aromatic rings. The average Bonchev–Trinajstić information content (AvgIpc) is 2.74. The van der Waals surface area contributed by atoms with E-state index in [0.29, 0.717) is 11.9 Å². The van der Waals surface area contributed by atoms with Crippen molar-refractivity contribution in [3.05, 3.63) is 0 Å². The van der Waals surface area contributed by atoms with Crippen molar-refractivity contribution in [1.82, 2.24) is 9.80 Å². The standard InChI is InChI=1S/C13H25N3O/c1-15(2)10-5-4-8-16(9-10)13(17)11-6-3-7-12(11)14/h10-12H,3-9,14H2,1-2H3/t10-,11-,12-/m1/s1. The molecule has 0 bridgehead atoms. The van der Waals surface area contributed by atoms with Crippen LogP contribution in [0.15, 0.2) is 0 Å². The molecule has 98 valence electrons. The molecular weight excluding hydrogens is 214 g/mol. The summed E-state index contributed by atoms with van der Waals surface area (Å²) in [5.41, 5.74) is 6.02. The SMILES string of the molecule is CN(C)[C@@H]1CCCN(C(=O)[C@@H]2CCC[C@H]2N)C1. The van der Waals surface area contributed by atoms with Crippen LogP contribution in [-0.4, -0.2) is 55.0 Å². The highest BCUT2D eigenvalue weighted by molar-refractivity contribution is 5.80. The number of amides is 1. The number of hydrogen-bond acceptors (Lipinski definition) is 3. The minimum atomic E-state index is 0.0934. The molecule has 0 aromatic carbocycles. The van der Waals surface area contributed by atoms with Crippen LogP contribution in [0.5, 0.6) is 0 Å². The normalized spacial score (nSPS) is 34.4. The predicted octanol–water partition coefficient (Wildman–Crippen LogP) is 0.666. The van der Waals surface area contributed by atoms with Crippen molar-refractivity contribution < 1.29 is 4.79 Å². The van der Waals surface area contributed by atoms with Gasteiger partial charge in [0.1, 0.15) is 0 Å². The van der Waals surface area contributed by atoms with Gasteiger partial charge >= 0.3 is 0 Å². The molecule has 2 rings (SSSR count). The Morgan fingerprint density at radius 1 is 1.24 bits per heavy atom. The van der Waals surface area contributed by atoms with E-state index < -0.39 is 0 Å². The van der Waals surface area contributed by atoms with Gasteiger partial charge < -0.3 is 15.5 Å². The molecule has 2 aliphatic rings. The van der Waals surface area contributed by atoms with E-state index in [2.05, 4.69) is 19.0 Å². The van der Waals surface area contributed by atoms with Crippen molar-refractivity contribution in [2.75, 3.05) is 27.2 Å². The van der Waals surface area contributed by atoms with Crippen molar-refractivity contribution in [1.29, 1.82) is 0 Å². The Bertz CT molecular complexity index is 280. The van der Waals surface area contributed by atoms with Gasteiger partial charge in [-0.25, -0.2) is 0 Å². The number of carbonyl (C=O) groups excluding carboxylic acids is 1. The Morgan fingerprint density at radius 2 is 2.00 bits per heavy atom. The van der Waals surface area contributed by atoms with Crippen LogP contribution < -0.4 is 5.73 Å². The summed E-state index contributed by atoms with van der Waals surface area (Å²) in [5, 5.41) is 0. The summed E-state index contributed by atoms with van der Waals surface area (Å²) >= 11 is 0. The highest BCUT2D eigenvalue weighted by Gasteiger charge is 2.35. The van der Waals surface area contributed by atoms with Gasteiger partial charge in [-0.05, 0) is 39.8 Å². The van der Waals surface area contributed by atoms with E-state index in [4.69, 9.17) is 5.73 Å². The molecule has 3 atom stereocenters. The zero-order valence-corrected chi connectivity index (χ0v) is 11.1. The lowest BCUT2D eigenvalue weighted by atomic mass is 9.99. The van der Waals surface area contributed by atoms with E-state index >= 15 is 0 Å². The van der Waals surface area contributed by atoms with Crippen LogP contribution in [0, 0.1) is 5.92 Å². The highest BCUT2D eigenvalue weighted by Crippen LogP contribution is 2.27. The second-order valence-corrected chi connectivity index (χ2v) is 5.75. The van der Waals surface area contributed by atoms with Gasteiger partial charge in [0, 0.05) is 25.2 Å². The molecule has 0 aromatic heterocycles. The number of rotatable bonds is 2. The summed E-state index contributed by atoms with van der Waals surface area (Å²) in [6.45, 7) is 1.81. The van der Waals surface area contributed by atoms with E-state index in [-0.39, 0.29) is 12.0 Å². The molecule has 1 aliphatic heterocycles. The molecule has 2 N–H and O–H groups in total. The molecule has 4 nitrogen and oxygen atoms in total. The zero-order valence-electron chi connectivity index (χ0n) is 11.1. The number of likely N-dealkylation sites (tertiary alicyclic amines) is 1. The molecule has 1 aliphatic carbocycles. The average molecular weight is 239 g/mol. The lowest BCUT2D eigenvalue weighted by Crippen LogP contribution is -2.50. The third kappa shape index (κ3) is 2.80. The summed E-state index contributed by atoms with van der Waals surface area (Å²) in [5.74, 6) is 0.400. The molecule has 4 heteroatoms. The van der Waals surface area contributed by atoms with Gasteiger partial charge in [0.25, 0.3) is 0 Å². The maximum atomic E-state index is 12.4. The van der Waals surface area contributed by atoms with E-state index in [1.165, 1.54) is 6.42 Å². The van der Waals surface area contributed by atoms with Crippen LogP contribution >= 0.6 is 0 Å². The number of nitrogens with zero attached hydrogens (tertiary/aromatic N) is 2. The highest BCUT2D eigenvalue weighted by atomic mass is 16.2. The maximum absolute atomic E-state index is 12.4. The summed E-state index contributed by atoms with van der Waals surface area (Å²) < 4.78 is 0. The van der Waals surface area contributed by atoms with Crippen molar-refractivity contribution >= 4 is 5.91 Å². The van der Waals surface area contributed by atoms with Crippen molar-refractivity contribution in [3.8, 4) is 0 Å². The third-order valence-corrected chi connectivity index (χ3v) is 4.33. The lowest BCUT2D eigenvalue weighted by Gasteiger charge is -2.37. The number of nitrogens with two attached hydrogens (primary N) is 1. The Hall–Kier alpha value is -0.610. The fourth-order valence-corrected chi connectivity index (χ4v) is 3.11. The first-order chi connectivity index (χ1) is 8.09. The first-order valence-electron chi connectivity index (χ1n) is 6.80. The molecule has 0 unspecified atom stereocenters. The quantitative estimate of drug-likeness (QED) is 0.770. The van der Waals surface area contributed by atoms with E-state index in [1.807, 2.05) is 4.90 Å². The molecule has 1 saturated carbocycles. The molecule has 1 amide bonds. The van der Waals surface area contributed by atoms with Crippen molar-refractivity contribution in [2.45, 2.75) is 44.2 Å². The molecular formula is C13H25N3O. The van der Waals surface area contributed by atoms with Crippen LogP contribution in [0.2, 0.25) is 0 Å². The summed E-state index contributed by atoms with van der Waals surface area (Å²) in [7, 11) is 4.19. The van der Waals surface area contributed by atoms with Gasteiger partial charge in [0.15, 0.2) is 0 Å². The Morgan fingerprint density at radius 3 is 2.59 bits per heavy atom. The Labute approximate surface area is 104 Å². The first-order valence-corrected chi connectivity index (χ1v) is 6.80. The summed E-state index contributed by atoms with van der Waals surface area (Å²) in [6, 6.07) is 0.618. The second kappa shape index (κ2) is 5.36. The summed E-state index contributed by atoms with van der Waals surface area (Å²) in [6.07, 6.45) is 5.44. The topological polar surface area (TPSA) is 49.6 Å². The zero-order chi connectivity index (χ0) is 12.4. The molecule has 2 fully saturated rings. The third-order valence-electron chi connectivity index (χ3n) is 4.33. The van der Waals surface area contributed by atoms with Gasteiger partial charge in [-0.3, -0.25) is 4.79 Å². The van der Waals surface area contributed by atoms with Gasteiger partial charge in [0.2, 0.25) is 5.91 Å². The van der Waals surface area contributed by atoms with Gasteiger partial charge in [-0.1, -0.05) is 6.42 Å². The first kappa shape index (κ1) is 12.8. The monoisotopic (exact) mass is 239 g/mol. The lowest BCUT2D eigenvalue weighted by molar-refractivity contribution is -0.137. The molecule has 0 radical (unpaired) electrons. The van der Waals surface area contributed by atoms with Crippen molar-refractivity contribution in [2.24, 2.45) is 11.7 Å². The van der Waals surface area contributed by atoms with Gasteiger partial charge in [-0.15, -0.1) is 0 Å². The molecule has 1 heterocycles. The smallest absolute Gasteiger partial charge is 0.227 e. The van der Waals surface area contributed by atoms with Crippen LogP contribution in [0.1, 0.15) is 32.1 Å². The largest absolute Gasteiger partial charge is 0.341 e. The fraction of sp³-hybridized carbons (Fsp3) is 0.923. The van der Waals surface area contributed by atoms with E-state index in [0.717, 1.165) is 38.8 Å². The number of piperidine rings is 1. The number of hydrogen-bond donors (Lipinski definition) is 1.